The molecule has 2 heterocycles. The Balaban J connectivity index is 1.64. The zero-order chi connectivity index (χ0) is 10.5. The van der Waals surface area contributed by atoms with Crippen molar-refractivity contribution in [3.05, 3.63) is 0 Å². The molecule has 1 saturated heterocycles. The lowest BCUT2D eigenvalue weighted by molar-refractivity contribution is 0.193. The van der Waals surface area contributed by atoms with Crippen molar-refractivity contribution in [2.45, 2.75) is 32.6 Å². The fraction of sp³-hybridized carbons (Fsp3) is 0.917. The first kappa shape index (κ1) is 10.9. The summed E-state index contributed by atoms with van der Waals surface area (Å²) in [7, 11) is 0. The third kappa shape index (κ3) is 3.20. The van der Waals surface area contributed by atoms with E-state index < -0.39 is 0 Å². The zero-order valence-corrected chi connectivity index (χ0v) is 9.84. The van der Waals surface area contributed by atoms with Gasteiger partial charge in [0.25, 0.3) is 0 Å². The van der Waals surface area contributed by atoms with Crippen molar-refractivity contribution in [3.8, 4) is 0 Å². The predicted molar refractivity (Wildman–Crippen MR) is 64.4 cm³/mol. The Bertz CT molecular complexity index is 217. The average molecular weight is 209 g/mol. The van der Waals surface area contributed by atoms with Gasteiger partial charge in [0.2, 0.25) is 0 Å². The normalized spacial score (nSPS) is 24.2. The standard InChI is InChI=1S/C12H23N3/c1-2-15-8-5-11(6-9-15)10-14-12-4-3-7-13-12/h11H,2-10H2,1H3,(H,13,14). The van der Waals surface area contributed by atoms with Crippen molar-refractivity contribution in [2.24, 2.45) is 10.9 Å². The van der Waals surface area contributed by atoms with Crippen LogP contribution < -0.4 is 5.32 Å². The minimum atomic E-state index is 0.871. The third-order valence-electron chi connectivity index (χ3n) is 3.62. The summed E-state index contributed by atoms with van der Waals surface area (Å²) in [5.41, 5.74) is 0. The highest BCUT2D eigenvalue weighted by Gasteiger charge is 2.18. The van der Waals surface area contributed by atoms with Gasteiger partial charge in [-0.3, -0.25) is 4.99 Å². The molecular weight excluding hydrogens is 186 g/mol. The number of nitrogens with zero attached hydrogens (tertiary/aromatic N) is 2. The maximum atomic E-state index is 4.45. The second-order valence-corrected chi connectivity index (χ2v) is 4.69. The molecule has 0 saturated carbocycles. The second-order valence-electron chi connectivity index (χ2n) is 4.69. The van der Waals surface area contributed by atoms with Gasteiger partial charge in [-0.25, -0.2) is 0 Å². The van der Waals surface area contributed by atoms with E-state index in [2.05, 4.69) is 22.1 Å². The molecule has 3 nitrogen and oxygen atoms in total. The summed E-state index contributed by atoms with van der Waals surface area (Å²) in [5.74, 6) is 2.13. The molecule has 0 unspecified atom stereocenters. The van der Waals surface area contributed by atoms with E-state index in [-0.39, 0.29) is 0 Å². The smallest absolute Gasteiger partial charge is 0.0963 e. The highest BCUT2D eigenvalue weighted by Crippen LogP contribution is 2.16. The molecule has 1 N–H and O–H groups in total. The van der Waals surface area contributed by atoms with Crippen LogP contribution >= 0.6 is 0 Å². The molecule has 0 radical (unpaired) electrons. The number of hydrogen-bond donors (Lipinski definition) is 1. The van der Waals surface area contributed by atoms with E-state index in [1.807, 2.05) is 0 Å². The number of rotatable bonds is 3. The summed E-state index contributed by atoms with van der Waals surface area (Å²) in [5, 5.41) is 3.52. The van der Waals surface area contributed by atoms with Gasteiger partial charge in [0, 0.05) is 19.5 Å². The SMILES string of the molecule is CCN1CCC(CNC2=NCCC2)CC1. The molecule has 0 amide bonds. The molecule has 0 atom stereocenters. The van der Waals surface area contributed by atoms with Crippen molar-refractivity contribution in [1.29, 1.82) is 0 Å². The fourth-order valence-corrected chi connectivity index (χ4v) is 2.45. The largest absolute Gasteiger partial charge is 0.374 e. The Kier molecular flexibility index (Phi) is 4.01. The molecule has 1 fully saturated rings. The maximum Gasteiger partial charge on any atom is 0.0963 e. The number of piperidine rings is 1. The van der Waals surface area contributed by atoms with E-state index in [1.165, 1.54) is 51.2 Å². The Labute approximate surface area is 92.9 Å². The number of hydrogen-bond acceptors (Lipinski definition) is 3. The monoisotopic (exact) mass is 209 g/mol. The minimum absolute atomic E-state index is 0.871. The fourth-order valence-electron chi connectivity index (χ4n) is 2.45. The number of likely N-dealkylation sites (tertiary alicyclic amines) is 1. The van der Waals surface area contributed by atoms with E-state index in [1.54, 1.807) is 0 Å². The zero-order valence-electron chi connectivity index (χ0n) is 9.84. The Morgan fingerprint density at radius 3 is 2.80 bits per heavy atom. The van der Waals surface area contributed by atoms with Gasteiger partial charge in [-0.15, -0.1) is 0 Å². The average Bonchev–Trinajstić information content (AvgIpc) is 2.80. The van der Waals surface area contributed by atoms with Crippen LogP contribution in [0.25, 0.3) is 0 Å². The number of nitrogens with one attached hydrogen (secondary N) is 1. The first-order valence-electron chi connectivity index (χ1n) is 6.38. The first-order chi connectivity index (χ1) is 7.38. The predicted octanol–water partition coefficient (Wildman–Crippen LogP) is 1.50. The lowest BCUT2D eigenvalue weighted by Gasteiger charge is -2.31. The second kappa shape index (κ2) is 5.50. The van der Waals surface area contributed by atoms with Gasteiger partial charge < -0.3 is 10.2 Å². The lowest BCUT2D eigenvalue weighted by atomic mass is 9.97. The third-order valence-corrected chi connectivity index (χ3v) is 3.62. The van der Waals surface area contributed by atoms with Gasteiger partial charge in [0.1, 0.15) is 0 Å². The molecule has 0 aromatic heterocycles. The van der Waals surface area contributed by atoms with Crippen LogP contribution in [0.5, 0.6) is 0 Å². The molecule has 2 rings (SSSR count). The summed E-state index contributed by atoms with van der Waals surface area (Å²) >= 11 is 0. The molecule has 0 aromatic rings. The van der Waals surface area contributed by atoms with Gasteiger partial charge in [-0.1, -0.05) is 6.92 Å². The summed E-state index contributed by atoms with van der Waals surface area (Å²) < 4.78 is 0. The summed E-state index contributed by atoms with van der Waals surface area (Å²) in [6.07, 6.45) is 5.13. The molecule has 3 heteroatoms. The Morgan fingerprint density at radius 1 is 1.40 bits per heavy atom. The molecule has 2 aliphatic heterocycles. The molecule has 0 aliphatic carbocycles. The van der Waals surface area contributed by atoms with Crippen LogP contribution in [0, 0.1) is 5.92 Å². The van der Waals surface area contributed by atoms with E-state index >= 15 is 0 Å². The minimum Gasteiger partial charge on any atom is -0.374 e. The molecule has 15 heavy (non-hydrogen) atoms. The van der Waals surface area contributed by atoms with Crippen LogP contribution in [0.1, 0.15) is 32.6 Å². The number of aliphatic imine (C=N–C) groups is 1. The van der Waals surface area contributed by atoms with Crippen LogP contribution in [0.4, 0.5) is 0 Å². The van der Waals surface area contributed by atoms with Crippen LogP contribution in [-0.2, 0) is 0 Å². The molecule has 2 aliphatic rings. The van der Waals surface area contributed by atoms with Crippen LogP contribution in [-0.4, -0.2) is 43.5 Å². The Hall–Kier alpha value is -0.570. The van der Waals surface area contributed by atoms with Crippen molar-refractivity contribution >= 4 is 5.84 Å². The molecule has 0 spiro atoms. The van der Waals surface area contributed by atoms with Gasteiger partial charge in [-0.05, 0) is 44.8 Å². The molecule has 0 aromatic carbocycles. The van der Waals surface area contributed by atoms with Crippen LogP contribution in [0.15, 0.2) is 4.99 Å². The Morgan fingerprint density at radius 2 is 2.20 bits per heavy atom. The van der Waals surface area contributed by atoms with Gasteiger partial charge in [0.05, 0.1) is 5.84 Å². The van der Waals surface area contributed by atoms with Crippen molar-refractivity contribution in [1.82, 2.24) is 10.2 Å². The summed E-state index contributed by atoms with van der Waals surface area (Å²) in [6.45, 7) is 8.23. The van der Waals surface area contributed by atoms with Crippen molar-refractivity contribution in [2.75, 3.05) is 32.7 Å². The van der Waals surface area contributed by atoms with E-state index in [9.17, 15) is 0 Å². The van der Waals surface area contributed by atoms with Gasteiger partial charge >= 0.3 is 0 Å². The topological polar surface area (TPSA) is 27.6 Å². The van der Waals surface area contributed by atoms with E-state index in [0.29, 0.717) is 0 Å². The highest BCUT2D eigenvalue weighted by atomic mass is 15.1. The number of amidine groups is 1. The van der Waals surface area contributed by atoms with Gasteiger partial charge in [0.15, 0.2) is 0 Å². The van der Waals surface area contributed by atoms with Crippen molar-refractivity contribution < 1.29 is 0 Å². The van der Waals surface area contributed by atoms with Crippen LogP contribution in [0.2, 0.25) is 0 Å². The summed E-state index contributed by atoms with van der Waals surface area (Å²) in [4.78, 5) is 6.99. The quantitative estimate of drug-likeness (QED) is 0.763. The summed E-state index contributed by atoms with van der Waals surface area (Å²) in [6, 6.07) is 0. The highest BCUT2D eigenvalue weighted by molar-refractivity contribution is 5.83. The molecular formula is C12H23N3. The molecule has 86 valence electrons. The van der Waals surface area contributed by atoms with Crippen molar-refractivity contribution in [3.63, 3.8) is 0 Å². The van der Waals surface area contributed by atoms with E-state index in [4.69, 9.17) is 0 Å². The van der Waals surface area contributed by atoms with Crippen LogP contribution in [0.3, 0.4) is 0 Å². The maximum absolute atomic E-state index is 4.45. The molecule has 0 bridgehead atoms. The van der Waals surface area contributed by atoms with Gasteiger partial charge in [-0.2, -0.15) is 0 Å². The van der Waals surface area contributed by atoms with E-state index in [0.717, 1.165) is 19.0 Å². The lowest BCUT2D eigenvalue weighted by Crippen LogP contribution is -2.38. The first-order valence-corrected chi connectivity index (χ1v) is 6.38.